The molecule has 2 N–H and O–H groups in total. The molecule has 5 heteroatoms. The lowest BCUT2D eigenvalue weighted by atomic mass is 10.1. The molecule has 92 valence electrons. The predicted octanol–water partition coefficient (Wildman–Crippen LogP) is 1.82. The molecular formula is C12H16ClN3O. The van der Waals surface area contributed by atoms with Crippen LogP contribution in [0.1, 0.15) is 12.0 Å². The van der Waals surface area contributed by atoms with Gasteiger partial charge in [-0.2, -0.15) is 0 Å². The summed E-state index contributed by atoms with van der Waals surface area (Å²) in [7, 11) is 0. The van der Waals surface area contributed by atoms with Crippen LogP contribution < -0.4 is 10.6 Å². The lowest BCUT2D eigenvalue weighted by Gasteiger charge is -2.33. The van der Waals surface area contributed by atoms with Crippen LogP contribution in [0.5, 0.6) is 0 Å². The number of fused-ring (bicyclic) bond motifs is 1. The number of nitrogens with zero attached hydrogens (tertiary/aromatic N) is 1. The molecule has 3 rings (SSSR count). The molecule has 4 nitrogen and oxygen atoms in total. The minimum atomic E-state index is 0. The molecular weight excluding hydrogens is 238 g/mol. The van der Waals surface area contributed by atoms with E-state index in [0.717, 1.165) is 31.7 Å². The molecule has 1 aromatic carbocycles. The number of anilines is 1. The van der Waals surface area contributed by atoms with Gasteiger partial charge in [-0.1, -0.05) is 18.2 Å². The van der Waals surface area contributed by atoms with Crippen LogP contribution >= 0.6 is 12.4 Å². The van der Waals surface area contributed by atoms with Crippen LogP contribution in [0.3, 0.4) is 0 Å². The summed E-state index contributed by atoms with van der Waals surface area (Å²) >= 11 is 0. The fraction of sp³-hybridized carbons (Fsp3) is 0.417. The van der Waals surface area contributed by atoms with E-state index in [1.54, 1.807) is 0 Å². The van der Waals surface area contributed by atoms with Gasteiger partial charge in [-0.05, 0) is 24.6 Å². The first-order valence-corrected chi connectivity index (χ1v) is 5.71. The van der Waals surface area contributed by atoms with Crippen molar-refractivity contribution in [2.24, 2.45) is 0 Å². The average Bonchev–Trinajstić information content (AvgIpc) is 2.81. The normalized spacial score (nSPS) is 22.7. The van der Waals surface area contributed by atoms with E-state index in [4.69, 9.17) is 0 Å². The van der Waals surface area contributed by atoms with E-state index >= 15 is 0 Å². The van der Waals surface area contributed by atoms with E-state index in [2.05, 4.69) is 16.7 Å². The maximum absolute atomic E-state index is 11.9. The van der Waals surface area contributed by atoms with Gasteiger partial charge in [-0.25, -0.2) is 4.79 Å². The minimum Gasteiger partial charge on any atom is -0.316 e. The van der Waals surface area contributed by atoms with Crippen molar-refractivity contribution in [1.82, 2.24) is 10.2 Å². The van der Waals surface area contributed by atoms with E-state index in [0.29, 0.717) is 6.04 Å². The molecule has 2 amide bonds. The highest BCUT2D eigenvalue weighted by molar-refractivity contribution is 5.92. The summed E-state index contributed by atoms with van der Waals surface area (Å²) in [5.41, 5.74) is 2.16. The number of hydrogen-bond acceptors (Lipinski definition) is 2. The Morgan fingerprint density at radius 2 is 2.12 bits per heavy atom. The van der Waals surface area contributed by atoms with Crippen LogP contribution in [0, 0.1) is 0 Å². The van der Waals surface area contributed by atoms with Crippen LogP contribution in [0.4, 0.5) is 10.5 Å². The first-order chi connectivity index (χ1) is 7.84. The number of urea groups is 1. The van der Waals surface area contributed by atoms with E-state index in [9.17, 15) is 4.79 Å². The molecule has 0 radical (unpaired) electrons. The number of benzene rings is 1. The molecule has 0 saturated carbocycles. The molecule has 1 atom stereocenters. The van der Waals surface area contributed by atoms with Crippen LogP contribution in [0.15, 0.2) is 24.3 Å². The number of amides is 2. The first kappa shape index (κ1) is 12.2. The maximum atomic E-state index is 11.9. The topological polar surface area (TPSA) is 44.4 Å². The van der Waals surface area contributed by atoms with Crippen molar-refractivity contribution >= 4 is 24.1 Å². The third-order valence-electron chi connectivity index (χ3n) is 3.34. The molecule has 1 saturated heterocycles. The highest BCUT2D eigenvalue weighted by atomic mass is 35.5. The summed E-state index contributed by atoms with van der Waals surface area (Å²) in [4.78, 5) is 13.9. The fourth-order valence-corrected chi connectivity index (χ4v) is 2.42. The second-order valence-electron chi connectivity index (χ2n) is 4.36. The zero-order chi connectivity index (χ0) is 11.0. The highest BCUT2D eigenvalue weighted by Crippen LogP contribution is 2.25. The van der Waals surface area contributed by atoms with Gasteiger partial charge in [0, 0.05) is 24.8 Å². The van der Waals surface area contributed by atoms with Gasteiger partial charge in [0.2, 0.25) is 0 Å². The van der Waals surface area contributed by atoms with Gasteiger partial charge in [0.25, 0.3) is 0 Å². The van der Waals surface area contributed by atoms with Crippen molar-refractivity contribution in [2.45, 2.75) is 19.0 Å². The monoisotopic (exact) mass is 253 g/mol. The Hall–Kier alpha value is -1.26. The molecule has 1 aromatic rings. The Bertz CT molecular complexity index is 418. The van der Waals surface area contributed by atoms with Gasteiger partial charge in [0.15, 0.2) is 0 Å². The lowest BCUT2D eigenvalue weighted by molar-refractivity contribution is 0.186. The van der Waals surface area contributed by atoms with Gasteiger partial charge >= 0.3 is 6.03 Å². The van der Waals surface area contributed by atoms with Crippen molar-refractivity contribution in [2.75, 3.05) is 18.4 Å². The number of halogens is 1. The van der Waals surface area contributed by atoms with E-state index in [1.807, 2.05) is 23.1 Å². The summed E-state index contributed by atoms with van der Waals surface area (Å²) in [6, 6.07) is 8.37. The first-order valence-electron chi connectivity index (χ1n) is 5.71. The third-order valence-corrected chi connectivity index (χ3v) is 3.34. The number of para-hydroxylation sites is 1. The number of nitrogens with one attached hydrogen (secondary N) is 2. The van der Waals surface area contributed by atoms with Crippen LogP contribution in [0.25, 0.3) is 0 Å². The van der Waals surface area contributed by atoms with Crippen molar-refractivity contribution in [3.63, 3.8) is 0 Å². The van der Waals surface area contributed by atoms with E-state index in [-0.39, 0.29) is 18.4 Å². The van der Waals surface area contributed by atoms with Crippen LogP contribution in [-0.2, 0) is 6.54 Å². The third kappa shape index (κ3) is 2.23. The molecule has 2 aliphatic rings. The number of carbonyl (C=O) groups excluding carboxylic acids is 1. The van der Waals surface area contributed by atoms with Gasteiger partial charge in [0.1, 0.15) is 0 Å². The Kier molecular flexibility index (Phi) is 3.54. The predicted molar refractivity (Wildman–Crippen MR) is 69.5 cm³/mol. The summed E-state index contributed by atoms with van der Waals surface area (Å²) in [5.74, 6) is 0. The van der Waals surface area contributed by atoms with Crippen molar-refractivity contribution in [3.05, 3.63) is 29.8 Å². The lowest BCUT2D eigenvalue weighted by Crippen LogP contribution is -2.46. The van der Waals surface area contributed by atoms with Gasteiger partial charge < -0.3 is 15.5 Å². The number of hydrogen-bond donors (Lipinski definition) is 2. The molecule has 1 fully saturated rings. The highest BCUT2D eigenvalue weighted by Gasteiger charge is 2.30. The largest absolute Gasteiger partial charge is 0.322 e. The Balaban J connectivity index is 0.00000108. The maximum Gasteiger partial charge on any atom is 0.322 e. The zero-order valence-corrected chi connectivity index (χ0v) is 10.3. The molecule has 2 heterocycles. The smallest absolute Gasteiger partial charge is 0.316 e. The van der Waals surface area contributed by atoms with E-state index in [1.165, 1.54) is 5.56 Å². The molecule has 0 unspecified atom stereocenters. The molecule has 17 heavy (non-hydrogen) atoms. The SMILES string of the molecule is Cl.O=C1Nc2ccccc2CN1[C@H]1CCNC1. The second-order valence-corrected chi connectivity index (χ2v) is 4.36. The van der Waals surface area contributed by atoms with Crippen LogP contribution in [-0.4, -0.2) is 30.1 Å². The molecule has 0 aromatic heterocycles. The molecule has 2 aliphatic heterocycles. The second kappa shape index (κ2) is 4.94. The molecule has 0 bridgehead atoms. The van der Waals surface area contributed by atoms with Crippen molar-refractivity contribution in [1.29, 1.82) is 0 Å². The molecule has 0 spiro atoms. The van der Waals surface area contributed by atoms with E-state index < -0.39 is 0 Å². The van der Waals surface area contributed by atoms with Gasteiger partial charge in [-0.15, -0.1) is 12.4 Å². The fourth-order valence-electron chi connectivity index (χ4n) is 2.42. The van der Waals surface area contributed by atoms with Gasteiger partial charge in [-0.3, -0.25) is 0 Å². The Morgan fingerprint density at radius 3 is 2.88 bits per heavy atom. The minimum absolute atomic E-state index is 0. The summed E-state index contributed by atoms with van der Waals surface area (Å²) in [6.45, 7) is 2.65. The summed E-state index contributed by atoms with van der Waals surface area (Å²) in [6.07, 6.45) is 1.05. The zero-order valence-electron chi connectivity index (χ0n) is 9.48. The van der Waals surface area contributed by atoms with Gasteiger partial charge in [0.05, 0.1) is 0 Å². The van der Waals surface area contributed by atoms with Crippen LogP contribution in [0.2, 0.25) is 0 Å². The summed E-state index contributed by atoms with van der Waals surface area (Å²) < 4.78 is 0. The number of carbonyl (C=O) groups is 1. The quantitative estimate of drug-likeness (QED) is 0.802. The molecule has 0 aliphatic carbocycles. The summed E-state index contributed by atoms with van der Waals surface area (Å²) in [5, 5.41) is 6.24. The number of rotatable bonds is 1. The Labute approximate surface area is 107 Å². The average molecular weight is 254 g/mol. The standard InChI is InChI=1S/C12H15N3O.ClH/c16-12-14-11-4-2-1-3-9(11)8-15(12)10-5-6-13-7-10;/h1-4,10,13H,5-8H2,(H,14,16);1H/t10-;/m0./s1. The Morgan fingerprint density at radius 1 is 1.29 bits per heavy atom. The van der Waals surface area contributed by atoms with Crippen molar-refractivity contribution in [3.8, 4) is 0 Å². The van der Waals surface area contributed by atoms with Crippen molar-refractivity contribution < 1.29 is 4.79 Å².